The first kappa shape index (κ1) is 14.9. The van der Waals surface area contributed by atoms with E-state index in [1.807, 2.05) is 13.0 Å². The van der Waals surface area contributed by atoms with Gasteiger partial charge in [-0.2, -0.15) is 0 Å². The fourth-order valence-corrected chi connectivity index (χ4v) is 2.86. The van der Waals surface area contributed by atoms with Crippen LogP contribution in [0.15, 0.2) is 42.7 Å². The summed E-state index contributed by atoms with van der Waals surface area (Å²) in [6.45, 7) is 1.88. The maximum absolute atomic E-state index is 12.4. The number of nitrogens with one attached hydrogen (secondary N) is 2. The third-order valence-electron chi connectivity index (χ3n) is 3.46. The molecule has 0 saturated carbocycles. The molecule has 0 saturated heterocycles. The van der Waals surface area contributed by atoms with E-state index in [0.29, 0.717) is 15.6 Å². The largest absolute Gasteiger partial charge is 0.345 e. The molecule has 0 radical (unpaired) electrons. The zero-order valence-electron chi connectivity index (χ0n) is 11.7. The molecule has 2 N–H and O–H groups in total. The van der Waals surface area contributed by atoms with Gasteiger partial charge in [0.05, 0.1) is 23.4 Å². The maximum Gasteiger partial charge on any atom is 0.251 e. The van der Waals surface area contributed by atoms with Crippen LogP contribution in [0.4, 0.5) is 0 Å². The van der Waals surface area contributed by atoms with Crippen LogP contribution in [0, 0.1) is 0 Å². The van der Waals surface area contributed by atoms with E-state index < -0.39 is 0 Å². The molecule has 0 aliphatic carbocycles. The number of H-pyrrole nitrogens is 1. The van der Waals surface area contributed by atoms with E-state index in [1.54, 1.807) is 36.7 Å². The van der Waals surface area contributed by atoms with Crippen molar-refractivity contribution in [3.63, 3.8) is 0 Å². The fourth-order valence-electron chi connectivity index (χ4n) is 2.29. The number of fused-ring (bicyclic) bond motifs is 1. The van der Waals surface area contributed by atoms with Gasteiger partial charge in [0.25, 0.3) is 5.91 Å². The normalized spacial score (nSPS) is 12.3. The highest BCUT2D eigenvalue weighted by molar-refractivity contribution is 6.35. The van der Waals surface area contributed by atoms with Crippen molar-refractivity contribution in [2.75, 3.05) is 0 Å². The van der Waals surface area contributed by atoms with Crippen LogP contribution in [0.2, 0.25) is 10.0 Å². The Balaban J connectivity index is 1.80. The lowest BCUT2D eigenvalue weighted by Gasteiger charge is -2.16. The van der Waals surface area contributed by atoms with E-state index in [2.05, 4.69) is 15.3 Å². The van der Waals surface area contributed by atoms with Crippen molar-refractivity contribution in [1.82, 2.24) is 15.3 Å². The predicted molar refractivity (Wildman–Crippen MR) is 88.4 cm³/mol. The van der Waals surface area contributed by atoms with E-state index >= 15 is 0 Å². The summed E-state index contributed by atoms with van der Waals surface area (Å²) in [5, 5.41) is 4.03. The van der Waals surface area contributed by atoms with Crippen LogP contribution in [-0.2, 0) is 0 Å². The third-order valence-corrected chi connectivity index (χ3v) is 4.02. The second-order valence-corrected chi connectivity index (χ2v) is 5.84. The number of amides is 1. The first-order valence-electron chi connectivity index (χ1n) is 6.73. The smallest absolute Gasteiger partial charge is 0.251 e. The Labute approximate surface area is 137 Å². The molecule has 1 amide bonds. The Morgan fingerprint density at radius 2 is 2.05 bits per heavy atom. The SMILES string of the molecule is CC(NC(=O)c1ccc2nc[nH]c2c1)c1ccc(Cl)cc1Cl. The van der Waals surface area contributed by atoms with Crippen LogP contribution in [0.3, 0.4) is 0 Å². The predicted octanol–water partition coefficient (Wildman–Crippen LogP) is 4.36. The van der Waals surface area contributed by atoms with Gasteiger partial charge in [0.15, 0.2) is 0 Å². The number of imidazole rings is 1. The molecule has 4 nitrogen and oxygen atoms in total. The molecule has 1 heterocycles. The Hall–Kier alpha value is -2.04. The second-order valence-electron chi connectivity index (χ2n) is 5.00. The van der Waals surface area contributed by atoms with E-state index in [4.69, 9.17) is 23.2 Å². The lowest BCUT2D eigenvalue weighted by atomic mass is 10.1. The molecule has 1 atom stereocenters. The van der Waals surface area contributed by atoms with Crippen molar-refractivity contribution in [2.24, 2.45) is 0 Å². The minimum atomic E-state index is -0.227. The molecule has 0 aliphatic heterocycles. The maximum atomic E-state index is 12.4. The summed E-state index contributed by atoms with van der Waals surface area (Å²) >= 11 is 12.1. The molecule has 6 heteroatoms. The monoisotopic (exact) mass is 333 g/mol. The van der Waals surface area contributed by atoms with Crippen LogP contribution in [0.1, 0.15) is 28.9 Å². The van der Waals surface area contributed by atoms with Crippen LogP contribution >= 0.6 is 23.2 Å². The summed E-state index contributed by atoms with van der Waals surface area (Å²) in [4.78, 5) is 19.5. The molecule has 3 rings (SSSR count). The van der Waals surface area contributed by atoms with Crippen LogP contribution in [-0.4, -0.2) is 15.9 Å². The van der Waals surface area contributed by atoms with Gasteiger partial charge >= 0.3 is 0 Å². The van der Waals surface area contributed by atoms with Gasteiger partial charge in [-0.05, 0) is 42.8 Å². The molecule has 112 valence electrons. The molecule has 2 aromatic carbocycles. The van der Waals surface area contributed by atoms with Gasteiger partial charge in [0.1, 0.15) is 0 Å². The van der Waals surface area contributed by atoms with E-state index in [9.17, 15) is 4.79 Å². The molecule has 22 heavy (non-hydrogen) atoms. The minimum Gasteiger partial charge on any atom is -0.345 e. The van der Waals surface area contributed by atoms with E-state index in [1.165, 1.54) is 0 Å². The molecule has 0 bridgehead atoms. The molecule has 1 aromatic heterocycles. The van der Waals surface area contributed by atoms with Crippen LogP contribution in [0.25, 0.3) is 11.0 Å². The highest BCUT2D eigenvalue weighted by Crippen LogP contribution is 2.26. The zero-order chi connectivity index (χ0) is 15.7. The number of nitrogens with zero attached hydrogens (tertiary/aromatic N) is 1. The summed E-state index contributed by atoms with van der Waals surface area (Å²) in [6, 6.07) is 10.3. The van der Waals surface area contributed by atoms with Crippen molar-refractivity contribution in [3.05, 3.63) is 63.9 Å². The number of aromatic amines is 1. The second kappa shape index (κ2) is 5.99. The Morgan fingerprint density at radius 3 is 2.82 bits per heavy atom. The Kier molecular flexibility index (Phi) is 4.05. The molecule has 1 unspecified atom stereocenters. The molecular formula is C16H13Cl2N3O. The topological polar surface area (TPSA) is 57.8 Å². The summed E-state index contributed by atoms with van der Waals surface area (Å²) in [5.74, 6) is -0.171. The van der Waals surface area contributed by atoms with Crippen molar-refractivity contribution in [2.45, 2.75) is 13.0 Å². The van der Waals surface area contributed by atoms with E-state index in [-0.39, 0.29) is 11.9 Å². The highest BCUT2D eigenvalue weighted by atomic mass is 35.5. The number of rotatable bonds is 3. The van der Waals surface area contributed by atoms with Gasteiger partial charge in [-0.15, -0.1) is 0 Å². The van der Waals surface area contributed by atoms with Crippen LogP contribution < -0.4 is 5.32 Å². The molecule has 3 aromatic rings. The average molecular weight is 334 g/mol. The zero-order valence-corrected chi connectivity index (χ0v) is 13.2. The molecule has 0 fully saturated rings. The molecular weight excluding hydrogens is 321 g/mol. The number of benzene rings is 2. The lowest BCUT2D eigenvalue weighted by Crippen LogP contribution is -2.26. The first-order chi connectivity index (χ1) is 10.5. The number of carbonyl (C=O) groups excluding carboxylic acids is 1. The Bertz CT molecular complexity index is 844. The van der Waals surface area contributed by atoms with Gasteiger partial charge in [-0.3, -0.25) is 4.79 Å². The summed E-state index contributed by atoms with van der Waals surface area (Å²) < 4.78 is 0. The fraction of sp³-hybridized carbons (Fsp3) is 0.125. The van der Waals surface area contributed by atoms with Crippen molar-refractivity contribution < 1.29 is 4.79 Å². The Morgan fingerprint density at radius 1 is 1.23 bits per heavy atom. The molecule has 0 spiro atoms. The summed E-state index contributed by atoms with van der Waals surface area (Å²) in [6.07, 6.45) is 1.60. The quantitative estimate of drug-likeness (QED) is 0.748. The minimum absolute atomic E-state index is 0.171. The standard InChI is InChI=1S/C16H13Cl2N3O/c1-9(12-4-3-11(17)7-13(12)18)21-16(22)10-2-5-14-15(6-10)20-8-19-14/h2-9H,1H3,(H,19,20)(H,21,22). The first-order valence-corrected chi connectivity index (χ1v) is 7.49. The van der Waals surface area contributed by atoms with Crippen molar-refractivity contribution in [1.29, 1.82) is 0 Å². The number of hydrogen-bond acceptors (Lipinski definition) is 2. The number of halogens is 2. The number of carbonyl (C=O) groups is 1. The van der Waals surface area contributed by atoms with Crippen molar-refractivity contribution in [3.8, 4) is 0 Å². The van der Waals surface area contributed by atoms with E-state index in [0.717, 1.165) is 16.6 Å². The van der Waals surface area contributed by atoms with Gasteiger partial charge < -0.3 is 10.3 Å². The van der Waals surface area contributed by atoms with Gasteiger partial charge in [0.2, 0.25) is 0 Å². The van der Waals surface area contributed by atoms with Gasteiger partial charge in [0, 0.05) is 15.6 Å². The number of aromatic nitrogens is 2. The highest BCUT2D eigenvalue weighted by Gasteiger charge is 2.14. The third kappa shape index (κ3) is 2.93. The summed E-state index contributed by atoms with van der Waals surface area (Å²) in [5.41, 5.74) is 3.03. The average Bonchev–Trinajstić information content (AvgIpc) is 2.94. The molecule has 0 aliphatic rings. The van der Waals surface area contributed by atoms with Crippen LogP contribution in [0.5, 0.6) is 0 Å². The van der Waals surface area contributed by atoms with Crippen molar-refractivity contribution >= 4 is 40.1 Å². The van der Waals surface area contributed by atoms with Gasteiger partial charge in [-0.25, -0.2) is 4.98 Å². The summed E-state index contributed by atoms with van der Waals surface area (Å²) in [7, 11) is 0. The van der Waals surface area contributed by atoms with Gasteiger partial charge in [-0.1, -0.05) is 29.3 Å². The lowest BCUT2D eigenvalue weighted by molar-refractivity contribution is 0.0940. The number of hydrogen-bond donors (Lipinski definition) is 2.